The summed E-state index contributed by atoms with van der Waals surface area (Å²) in [5.74, 6) is 0.164. The van der Waals surface area contributed by atoms with E-state index in [0.29, 0.717) is 5.57 Å². The Morgan fingerprint density at radius 1 is 1.42 bits per heavy atom. The molecule has 12 heavy (non-hydrogen) atoms. The second kappa shape index (κ2) is 4.24. The van der Waals surface area contributed by atoms with E-state index in [-0.39, 0.29) is 5.78 Å². The van der Waals surface area contributed by atoms with Crippen molar-refractivity contribution in [2.24, 2.45) is 0 Å². The number of carbonyl (C=O) groups is 1. The minimum atomic E-state index is 0.164. The lowest BCUT2D eigenvalue weighted by molar-refractivity contribution is -0.112. The summed E-state index contributed by atoms with van der Waals surface area (Å²) in [5.41, 5.74) is 1.66. The molecule has 0 aliphatic heterocycles. The van der Waals surface area contributed by atoms with Gasteiger partial charge in [0.15, 0.2) is 5.78 Å². The first kappa shape index (κ1) is 9.24. The Kier molecular flexibility index (Phi) is 3.27. The number of hydrogen-bond acceptors (Lipinski definition) is 1. The number of rotatable bonds is 2. The van der Waals surface area contributed by atoms with Gasteiger partial charge in [0.25, 0.3) is 0 Å². The zero-order chi connectivity index (χ0) is 8.97. The molecule has 0 aromatic carbocycles. The molecule has 0 bridgehead atoms. The minimum Gasteiger partial charge on any atom is -0.289 e. The first-order chi connectivity index (χ1) is 5.72. The van der Waals surface area contributed by atoms with Gasteiger partial charge in [-0.1, -0.05) is 19.1 Å². The summed E-state index contributed by atoms with van der Waals surface area (Å²) >= 11 is 0. The maximum absolute atomic E-state index is 11.5. The van der Waals surface area contributed by atoms with E-state index < -0.39 is 0 Å². The van der Waals surface area contributed by atoms with Crippen LogP contribution in [0.25, 0.3) is 0 Å². The van der Waals surface area contributed by atoms with Gasteiger partial charge in [-0.3, -0.25) is 4.79 Å². The lowest BCUT2D eigenvalue weighted by Gasteiger charge is -2.02. The molecule has 0 saturated carbocycles. The van der Waals surface area contributed by atoms with E-state index in [1.54, 1.807) is 6.92 Å². The standard InChI is InChI=1S/C11H16O/c1-9(2)11(12)10-7-5-3-4-6-8-10/h7H,1,3-6,8H2,2H3. The second-order valence-electron chi connectivity index (χ2n) is 3.44. The molecule has 1 nitrogen and oxygen atoms in total. The SMILES string of the molecule is C=C(C)C(=O)C1=CCCCCC1. The van der Waals surface area contributed by atoms with Crippen LogP contribution in [-0.2, 0) is 4.79 Å². The smallest absolute Gasteiger partial charge is 0.183 e. The zero-order valence-electron chi connectivity index (χ0n) is 7.73. The molecule has 0 spiro atoms. The Morgan fingerprint density at radius 3 is 2.83 bits per heavy atom. The van der Waals surface area contributed by atoms with E-state index in [2.05, 4.69) is 12.7 Å². The predicted molar refractivity (Wildman–Crippen MR) is 51.0 cm³/mol. The van der Waals surface area contributed by atoms with Crippen LogP contribution < -0.4 is 0 Å². The van der Waals surface area contributed by atoms with E-state index in [9.17, 15) is 4.79 Å². The van der Waals surface area contributed by atoms with E-state index in [0.717, 1.165) is 24.8 Å². The van der Waals surface area contributed by atoms with Crippen LogP contribution in [-0.4, -0.2) is 5.78 Å². The normalized spacial score (nSPS) is 17.9. The third kappa shape index (κ3) is 2.33. The van der Waals surface area contributed by atoms with Crippen molar-refractivity contribution < 1.29 is 4.79 Å². The molecule has 0 radical (unpaired) electrons. The Balaban J connectivity index is 2.65. The molecule has 0 unspecified atom stereocenters. The van der Waals surface area contributed by atoms with Gasteiger partial charge in [0.2, 0.25) is 0 Å². The average Bonchev–Trinajstić information content (AvgIpc) is 2.30. The van der Waals surface area contributed by atoms with Crippen molar-refractivity contribution in [1.29, 1.82) is 0 Å². The molecule has 0 aromatic rings. The van der Waals surface area contributed by atoms with Crippen molar-refractivity contribution in [3.63, 3.8) is 0 Å². The Hall–Kier alpha value is -0.850. The molecule has 0 aromatic heterocycles. The Labute approximate surface area is 74.2 Å². The average molecular weight is 164 g/mol. The fourth-order valence-corrected chi connectivity index (χ4v) is 1.50. The van der Waals surface area contributed by atoms with Gasteiger partial charge in [0.1, 0.15) is 0 Å². The van der Waals surface area contributed by atoms with Gasteiger partial charge in [-0.2, -0.15) is 0 Å². The van der Waals surface area contributed by atoms with E-state index in [1.165, 1.54) is 12.8 Å². The van der Waals surface area contributed by atoms with Crippen molar-refractivity contribution in [1.82, 2.24) is 0 Å². The van der Waals surface area contributed by atoms with Gasteiger partial charge in [0, 0.05) is 0 Å². The molecule has 1 rings (SSSR count). The van der Waals surface area contributed by atoms with E-state index in [1.807, 2.05) is 0 Å². The summed E-state index contributed by atoms with van der Waals surface area (Å²) in [6, 6.07) is 0. The molecule has 66 valence electrons. The molecule has 1 aliphatic rings. The van der Waals surface area contributed by atoms with Crippen molar-refractivity contribution in [3.8, 4) is 0 Å². The molecule has 0 saturated heterocycles. The minimum absolute atomic E-state index is 0.164. The van der Waals surface area contributed by atoms with Gasteiger partial charge in [-0.05, 0) is 43.8 Å². The second-order valence-corrected chi connectivity index (χ2v) is 3.44. The summed E-state index contributed by atoms with van der Waals surface area (Å²) in [6.07, 6.45) is 7.74. The first-order valence-corrected chi connectivity index (χ1v) is 4.61. The number of Topliss-reactive ketones (excluding diaryl/α,β-unsaturated/α-hetero) is 1. The molecular formula is C11H16O. The molecular weight excluding hydrogens is 148 g/mol. The third-order valence-corrected chi connectivity index (χ3v) is 2.22. The van der Waals surface area contributed by atoms with Crippen molar-refractivity contribution in [2.45, 2.75) is 39.0 Å². The highest BCUT2D eigenvalue weighted by atomic mass is 16.1. The van der Waals surface area contributed by atoms with Gasteiger partial charge in [-0.15, -0.1) is 0 Å². The monoisotopic (exact) mass is 164 g/mol. The van der Waals surface area contributed by atoms with Gasteiger partial charge < -0.3 is 0 Å². The van der Waals surface area contributed by atoms with E-state index >= 15 is 0 Å². The maximum atomic E-state index is 11.5. The van der Waals surface area contributed by atoms with Crippen LogP contribution in [0.1, 0.15) is 39.0 Å². The maximum Gasteiger partial charge on any atom is 0.183 e. The first-order valence-electron chi connectivity index (χ1n) is 4.61. The molecule has 0 heterocycles. The predicted octanol–water partition coefficient (Wildman–Crippen LogP) is 3.02. The number of ketones is 1. The molecule has 0 atom stereocenters. The molecule has 0 amide bonds. The number of allylic oxidation sites excluding steroid dienone is 3. The third-order valence-electron chi connectivity index (χ3n) is 2.22. The Morgan fingerprint density at radius 2 is 2.17 bits per heavy atom. The van der Waals surface area contributed by atoms with Crippen LogP contribution in [0.2, 0.25) is 0 Å². The molecule has 1 aliphatic carbocycles. The quantitative estimate of drug-likeness (QED) is 0.573. The summed E-state index contributed by atoms with van der Waals surface area (Å²) < 4.78 is 0. The van der Waals surface area contributed by atoms with Crippen molar-refractivity contribution in [3.05, 3.63) is 23.8 Å². The topological polar surface area (TPSA) is 17.1 Å². The van der Waals surface area contributed by atoms with E-state index in [4.69, 9.17) is 0 Å². The van der Waals surface area contributed by atoms with Crippen LogP contribution in [0.3, 0.4) is 0 Å². The summed E-state index contributed by atoms with van der Waals surface area (Å²) in [7, 11) is 0. The summed E-state index contributed by atoms with van der Waals surface area (Å²) in [4.78, 5) is 11.5. The highest BCUT2D eigenvalue weighted by molar-refractivity contribution is 6.07. The zero-order valence-corrected chi connectivity index (χ0v) is 7.73. The fraction of sp³-hybridized carbons (Fsp3) is 0.545. The molecule has 0 fully saturated rings. The van der Waals surface area contributed by atoms with Gasteiger partial charge >= 0.3 is 0 Å². The largest absolute Gasteiger partial charge is 0.289 e. The van der Waals surface area contributed by atoms with Gasteiger partial charge in [0.05, 0.1) is 0 Å². The number of carbonyl (C=O) groups excluding carboxylic acids is 1. The highest BCUT2D eigenvalue weighted by Gasteiger charge is 2.11. The van der Waals surface area contributed by atoms with Crippen LogP contribution in [0.15, 0.2) is 23.8 Å². The van der Waals surface area contributed by atoms with Crippen molar-refractivity contribution >= 4 is 5.78 Å². The Bertz CT molecular complexity index is 223. The highest BCUT2D eigenvalue weighted by Crippen LogP contribution is 2.19. The van der Waals surface area contributed by atoms with Crippen LogP contribution >= 0.6 is 0 Å². The number of hydrogen-bond donors (Lipinski definition) is 0. The fourth-order valence-electron chi connectivity index (χ4n) is 1.50. The van der Waals surface area contributed by atoms with Crippen molar-refractivity contribution in [2.75, 3.05) is 0 Å². The molecule has 0 N–H and O–H groups in total. The lowest BCUT2D eigenvalue weighted by Crippen LogP contribution is -2.02. The lowest BCUT2D eigenvalue weighted by atomic mass is 10.0. The molecule has 1 heteroatoms. The van der Waals surface area contributed by atoms with Crippen LogP contribution in [0.5, 0.6) is 0 Å². The van der Waals surface area contributed by atoms with Crippen LogP contribution in [0, 0.1) is 0 Å². The summed E-state index contributed by atoms with van der Waals surface area (Å²) in [6.45, 7) is 5.46. The van der Waals surface area contributed by atoms with Crippen LogP contribution in [0.4, 0.5) is 0 Å². The summed E-state index contributed by atoms with van der Waals surface area (Å²) in [5, 5.41) is 0. The van der Waals surface area contributed by atoms with Gasteiger partial charge in [-0.25, -0.2) is 0 Å².